The van der Waals surface area contributed by atoms with Crippen molar-refractivity contribution in [1.82, 2.24) is 9.97 Å². The SMILES string of the molecule is CC(C)c1cnc(NC(=O)Nc2ccc3ccccc3n2)s1. The van der Waals surface area contributed by atoms with Crippen LogP contribution in [0.5, 0.6) is 0 Å². The average molecular weight is 312 g/mol. The zero-order valence-electron chi connectivity index (χ0n) is 12.3. The minimum atomic E-state index is -0.340. The van der Waals surface area contributed by atoms with E-state index < -0.39 is 0 Å². The molecule has 2 N–H and O–H groups in total. The fourth-order valence-electron chi connectivity index (χ4n) is 1.99. The highest BCUT2D eigenvalue weighted by atomic mass is 32.1. The van der Waals surface area contributed by atoms with Crippen molar-refractivity contribution in [1.29, 1.82) is 0 Å². The molecule has 0 saturated carbocycles. The van der Waals surface area contributed by atoms with Crippen LogP contribution in [0.1, 0.15) is 24.6 Å². The molecule has 0 radical (unpaired) electrons. The first kappa shape index (κ1) is 14.5. The highest BCUT2D eigenvalue weighted by Gasteiger charge is 2.09. The number of benzene rings is 1. The Morgan fingerprint density at radius 1 is 1.14 bits per heavy atom. The zero-order chi connectivity index (χ0) is 15.5. The lowest BCUT2D eigenvalue weighted by molar-refractivity contribution is 0.262. The van der Waals surface area contributed by atoms with Crippen molar-refractivity contribution in [3.05, 3.63) is 47.5 Å². The maximum Gasteiger partial charge on any atom is 0.326 e. The van der Waals surface area contributed by atoms with Crippen LogP contribution < -0.4 is 10.6 Å². The molecule has 5 nitrogen and oxygen atoms in total. The number of fused-ring (bicyclic) bond motifs is 1. The number of nitrogens with one attached hydrogen (secondary N) is 2. The van der Waals surface area contributed by atoms with Crippen molar-refractivity contribution in [2.75, 3.05) is 10.6 Å². The monoisotopic (exact) mass is 312 g/mol. The Hall–Kier alpha value is -2.47. The molecule has 0 aliphatic heterocycles. The van der Waals surface area contributed by atoms with Gasteiger partial charge in [0.25, 0.3) is 0 Å². The number of carbonyl (C=O) groups excluding carboxylic acids is 1. The molecule has 0 bridgehead atoms. The van der Waals surface area contributed by atoms with E-state index in [1.165, 1.54) is 11.3 Å². The molecule has 6 heteroatoms. The molecule has 112 valence electrons. The molecule has 0 aliphatic carbocycles. The first-order valence-corrected chi connectivity index (χ1v) is 7.83. The minimum Gasteiger partial charge on any atom is -0.292 e. The molecular formula is C16H16N4OS. The predicted molar refractivity (Wildman–Crippen MR) is 90.6 cm³/mol. The summed E-state index contributed by atoms with van der Waals surface area (Å²) in [5, 5.41) is 7.08. The van der Waals surface area contributed by atoms with Crippen molar-refractivity contribution >= 4 is 39.2 Å². The highest BCUT2D eigenvalue weighted by molar-refractivity contribution is 7.15. The lowest BCUT2D eigenvalue weighted by Crippen LogP contribution is -2.19. The molecule has 0 atom stereocenters. The van der Waals surface area contributed by atoms with Gasteiger partial charge in [-0.2, -0.15) is 0 Å². The molecule has 2 amide bonds. The second-order valence-electron chi connectivity index (χ2n) is 5.19. The number of amides is 2. The number of hydrogen-bond donors (Lipinski definition) is 2. The van der Waals surface area contributed by atoms with Gasteiger partial charge in [-0.1, -0.05) is 32.0 Å². The van der Waals surface area contributed by atoms with Gasteiger partial charge in [0.05, 0.1) is 5.52 Å². The summed E-state index contributed by atoms with van der Waals surface area (Å²) < 4.78 is 0. The second-order valence-corrected chi connectivity index (χ2v) is 6.25. The van der Waals surface area contributed by atoms with Crippen LogP contribution in [0, 0.1) is 0 Å². The van der Waals surface area contributed by atoms with Gasteiger partial charge in [0.1, 0.15) is 5.82 Å². The minimum absolute atomic E-state index is 0.340. The summed E-state index contributed by atoms with van der Waals surface area (Å²) in [6.45, 7) is 4.19. The Kier molecular flexibility index (Phi) is 4.02. The molecule has 2 aromatic heterocycles. The first-order chi connectivity index (χ1) is 10.6. The third-order valence-electron chi connectivity index (χ3n) is 3.15. The molecule has 0 saturated heterocycles. The molecule has 1 aromatic carbocycles. The van der Waals surface area contributed by atoms with Gasteiger partial charge in [0.2, 0.25) is 0 Å². The molecule has 2 heterocycles. The van der Waals surface area contributed by atoms with Crippen LogP contribution in [0.2, 0.25) is 0 Å². The van der Waals surface area contributed by atoms with Gasteiger partial charge < -0.3 is 0 Å². The number of rotatable bonds is 3. The number of anilines is 2. The van der Waals surface area contributed by atoms with Gasteiger partial charge in [0.15, 0.2) is 5.13 Å². The van der Waals surface area contributed by atoms with E-state index in [4.69, 9.17) is 0 Å². The lowest BCUT2D eigenvalue weighted by atomic mass is 10.2. The van der Waals surface area contributed by atoms with Crippen LogP contribution >= 0.6 is 11.3 Å². The molecule has 0 fully saturated rings. The number of aromatic nitrogens is 2. The Bertz CT molecular complexity index is 813. The molecule has 22 heavy (non-hydrogen) atoms. The number of carbonyl (C=O) groups is 1. The fourth-order valence-corrected chi connectivity index (χ4v) is 2.81. The predicted octanol–water partition coefficient (Wildman–Crippen LogP) is 4.46. The zero-order valence-corrected chi connectivity index (χ0v) is 13.1. The topological polar surface area (TPSA) is 66.9 Å². The molecule has 3 aromatic rings. The summed E-state index contributed by atoms with van der Waals surface area (Å²) in [5.74, 6) is 0.912. The number of thiazole rings is 1. The van der Waals surface area contributed by atoms with E-state index in [-0.39, 0.29) is 6.03 Å². The molecule has 3 rings (SSSR count). The summed E-state index contributed by atoms with van der Waals surface area (Å²) in [6.07, 6.45) is 1.79. The van der Waals surface area contributed by atoms with E-state index in [1.54, 1.807) is 12.3 Å². The summed E-state index contributed by atoms with van der Waals surface area (Å²) in [7, 11) is 0. The third kappa shape index (κ3) is 3.23. The molecular weight excluding hydrogens is 296 g/mol. The summed E-state index contributed by atoms with van der Waals surface area (Å²) in [4.78, 5) is 21.7. The number of hydrogen-bond acceptors (Lipinski definition) is 4. The average Bonchev–Trinajstić information content (AvgIpc) is 2.95. The van der Waals surface area contributed by atoms with Crippen molar-refractivity contribution in [2.45, 2.75) is 19.8 Å². The maximum absolute atomic E-state index is 12.0. The van der Waals surface area contributed by atoms with Crippen LogP contribution in [-0.2, 0) is 0 Å². The second kappa shape index (κ2) is 6.11. The number of urea groups is 1. The van der Waals surface area contributed by atoms with Crippen molar-refractivity contribution < 1.29 is 4.79 Å². The van der Waals surface area contributed by atoms with Crippen molar-refractivity contribution in [2.24, 2.45) is 0 Å². The van der Waals surface area contributed by atoms with Gasteiger partial charge in [-0.3, -0.25) is 10.6 Å². The first-order valence-electron chi connectivity index (χ1n) is 7.01. The standard InChI is InChI=1S/C16H16N4OS/c1-10(2)13-9-17-16(22-13)20-15(21)19-14-8-7-11-5-3-4-6-12(11)18-14/h3-10H,1-2H3,(H2,17,18,19,20,21). The van der Waals surface area contributed by atoms with E-state index in [2.05, 4.69) is 34.4 Å². The summed E-state index contributed by atoms with van der Waals surface area (Å²) in [5.41, 5.74) is 0.844. The maximum atomic E-state index is 12.0. The lowest BCUT2D eigenvalue weighted by Gasteiger charge is -2.05. The molecule has 0 unspecified atom stereocenters. The Morgan fingerprint density at radius 3 is 2.73 bits per heavy atom. The van der Waals surface area contributed by atoms with Crippen molar-refractivity contribution in [3.63, 3.8) is 0 Å². The van der Waals surface area contributed by atoms with Gasteiger partial charge in [0, 0.05) is 16.5 Å². The fraction of sp³-hybridized carbons (Fsp3) is 0.188. The van der Waals surface area contributed by atoms with E-state index in [0.717, 1.165) is 15.8 Å². The van der Waals surface area contributed by atoms with Crippen LogP contribution in [-0.4, -0.2) is 16.0 Å². The quantitative estimate of drug-likeness (QED) is 0.750. The highest BCUT2D eigenvalue weighted by Crippen LogP contribution is 2.25. The molecule has 0 aliphatic rings. The van der Waals surface area contributed by atoms with E-state index in [9.17, 15) is 4.79 Å². The summed E-state index contributed by atoms with van der Waals surface area (Å²) >= 11 is 1.48. The van der Waals surface area contributed by atoms with Gasteiger partial charge >= 0.3 is 6.03 Å². The normalized spacial score (nSPS) is 10.9. The molecule has 0 spiro atoms. The van der Waals surface area contributed by atoms with Crippen LogP contribution in [0.25, 0.3) is 10.9 Å². The van der Waals surface area contributed by atoms with E-state index in [1.807, 2.05) is 30.3 Å². The van der Waals surface area contributed by atoms with Crippen LogP contribution in [0.15, 0.2) is 42.6 Å². The van der Waals surface area contributed by atoms with Crippen molar-refractivity contribution in [3.8, 4) is 0 Å². The Morgan fingerprint density at radius 2 is 1.95 bits per heavy atom. The van der Waals surface area contributed by atoms with Crippen LogP contribution in [0.4, 0.5) is 15.7 Å². The number of nitrogens with zero attached hydrogens (tertiary/aromatic N) is 2. The summed E-state index contributed by atoms with van der Waals surface area (Å²) in [6, 6.07) is 11.1. The Balaban J connectivity index is 1.69. The van der Waals surface area contributed by atoms with Gasteiger partial charge in [-0.15, -0.1) is 11.3 Å². The Labute approximate surface area is 132 Å². The van der Waals surface area contributed by atoms with E-state index in [0.29, 0.717) is 16.9 Å². The van der Waals surface area contributed by atoms with Gasteiger partial charge in [-0.05, 0) is 24.1 Å². The largest absolute Gasteiger partial charge is 0.326 e. The number of pyridine rings is 1. The third-order valence-corrected chi connectivity index (χ3v) is 4.37. The smallest absolute Gasteiger partial charge is 0.292 e. The van der Waals surface area contributed by atoms with Gasteiger partial charge in [-0.25, -0.2) is 14.8 Å². The number of para-hydroxylation sites is 1. The van der Waals surface area contributed by atoms with E-state index >= 15 is 0 Å². The van der Waals surface area contributed by atoms with Crippen LogP contribution in [0.3, 0.4) is 0 Å².